The van der Waals surface area contributed by atoms with E-state index in [1.165, 1.54) is 57.8 Å². The van der Waals surface area contributed by atoms with Crippen molar-refractivity contribution < 1.29 is 38.1 Å². The molecule has 1 unspecified atom stereocenters. The molecule has 0 N–H and O–H groups in total. The molecule has 1 heterocycles. The Bertz CT molecular complexity index is 827. The third-order valence-electron chi connectivity index (χ3n) is 8.63. The Kier molecular flexibility index (Phi) is 18.5. The molecule has 1 saturated carbocycles. The second-order valence-corrected chi connectivity index (χ2v) is 12.5. The number of nitrogens with zero attached hydrogens (tertiary/aromatic N) is 1. The summed E-state index contributed by atoms with van der Waals surface area (Å²) in [6.45, 7) is 9.25. The SMILES string of the molecule is CCCC(=O)OCC[C@@H](OC(=O)CCC)[C@H](OC(=O)CCC)[C@H](C)OC(=O)CCCN1CCCCC1CC1CCCCC1. The highest BCUT2D eigenvalue weighted by molar-refractivity contribution is 5.71. The monoisotopic (exact) mass is 609 g/mol. The number of carbonyl (C=O) groups is 4. The Morgan fingerprint density at radius 2 is 1.33 bits per heavy atom. The van der Waals surface area contributed by atoms with Crippen molar-refractivity contribution >= 4 is 23.9 Å². The van der Waals surface area contributed by atoms with Crippen LogP contribution < -0.4 is 0 Å². The second kappa shape index (κ2) is 21.5. The highest BCUT2D eigenvalue weighted by atomic mass is 16.6. The van der Waals surface area contributed by atoms with Crippen LogP contribution in [0.4, 0.5) is 0 Å². The summed E-state index contributed by atoms with van der Waals surface area (Å²) in [7, 11) is 0. The normalized spacial score (nSPS) is 20.0. The molecule has 1 aliphatic carbocycles. The standard InChI is InChI=1S/C34H59NO8/c1-5-14-30(36)40-24-21-29(42-31(37)15-6-2)34(43-32(38)16-7-3)26(4)41-33(39)20-13-23-35-22-12-11-19-28(35)25-27-17-9-8-10-18-27/h26-29,34H,5-25H2,1-4H3/t26-,28?,29+,34+/m0/s1. The van der Waals surface area contributed by atoms with Crippen molar-refractivity contribution in [2.24, 2.45) is 5.92 Å². The molecule has 2 rings (SSSR count). The largest absolute Gasteiger partial charge is 0.466 e. The molecule has 2 fully saturated rings. The third kappa shape index (κ3) is 14.9. The lowest BCUT2D eigenvalue weighted by molar-refractivity contribution is -0.186. The Morgan fingerprint density at radius 3 is 2.00 bits per heavy atom. The molecule has 1 aliphatic heterocycles. The summed E-state index contributed by atoms with van der Waals surface area (Å²) in [6.07, 6.45) is 12.7. The smallest absolute Gasteiger partial charge is 0.306 e. The number of rotatable bonds is 20. The van der Waals surface area contributed by atoms with Gasteiger partial charge in [0.05, 0.1) is 6.61 Å². The van der Waals surface area contributed by atoms with Gasteiger partial charge in [0.1, 0.15) is 12.2 Å². The molecular formula is C34H59NO8. The maximum Gasteiger partial charge on any atom is 0.306 e. The van der Waals surface area contributed by atoms with Gasteiger partial charge in [0.25, 0.3) is 0 Å². The first-order chi connectivity index (χ1) is 20.8. The maximum absolute atomic E-state index is 13.0. The summed E-state index contributed by atoms with van der Waals surface area (Å²) < 4.78 is 22.5. The van der Waals surface area contributed by atoms with E-state index < -0.39 is 30.3 Å². The molecule has 1 saturated heterocycles. The van der Waals surface area contributed by atoms with Crippen LogP contribution in [-0.2, 0) is 38.1 Å². The van der Waals surface area contributed by atoms with E-state index in [-0.39, 0.29) is 44.2 Å². The zero-order valence-electron chi connectivity index (χ0n) is 27.4. The molecule has 0 aromatic heterocycles. The van der Waals surface area contributed by atoms with Crippen LogP contribution in [0.2, 0.25) is 0 Å². The highest BCUT2D eigenvalue weighted by Crippen LogP contribution is 2.31. The maximum atomic E-state index is 13.0. The molecule has 0 amide bonds. The van der Waals surface area contributed by atoms with E-state index in [9.17, 15) is 19.2 Å². The van der Waals surface area contributed by atoms with Gasteiger partial charge in [-0.25, -0.2) is 0 Å². The lowest BCUT2D eigenvalue weighted by Gasteiger charge is -2.38. The van der Waals surface area contributed by atoms with E-state index in [1.54, 1.807) is 6.92 Å². The van der Waals surface area contributed by atoms with Crippen LogP contribution in [0.15, 0.2) is 0 Å². The van der Waals surface area contributed by atoms with Gasteiger partial charge in [-0.05, 0) is 70.9 Å². The number of ether oxygens (including phenoxy) is 4. The van der Waals surface area contributed by atoms with Crippen molar-refractivity contribution in [2.75, 3.05) is 19.7 Å². The fourth-order valence-electron chi connectivity index (χ4n) is 6.36. The van der Waals surface area contributed by atoms with Crippen molar-refractivity contribution in [1.29, 1.82) is 0 Å². The summed E-state index contributed by atoms with van der Waals surface area (Å²) in [5.74, 6) is -0.754. The summed E-state index contributed by atoms with van der Waals surface area (Å²) in [5.41, 5.74) is 0. The average Bonchev–Trinajstić information content (AvgIpc) is 2.97. The van der Waals surface area contributed by atoms with Gasteiger partial charge < -0.3 is 23.8 Å². The van der Waals surface area contributed by atoms with Crippen molar-refractivity contribution in [3.63, 3.8) is 0 Å². The van der Waals surface area contributed by atoms with Crippen molar-refractivity contribution in [3.8, 4) is 0 Å². The highest BCUT2D eigenvalue weighted by Gasteiger charge is 2.36. The Balaban J connectivity index is 1.98. The van der Waals surface area contributed by atoms with Crippen LogP contribution >= 0.6 is 0 Å². The Morgan fingerprint density at radius 1 is 0.721 bits per heavy atom. The minimum absolute atomic E-state index is 0.00323. The first kappa shape index (κ1) is 37.0. The van der Waals surface area contributed by atoms with Crippen molar-refractivity contribution in [1.82, 2.24) is 4.90 Å². The topological polar surface area (TPSA) is 108 Å². The van der Waals surface area contributed by atoms with E-state index in [1.807, 2.05) is 20.8 Å². The Hall–Kier alpha value is -2.16. The zero-order valence-corrected chi connectivity index (χ0v) is 27.4. The number of piperidine rings is 1. The van der Waals surface area contributed by atoms with E-state index >= 15 is 0 Å². The molecule has 0 bridgehead atoms. The van der Waals surface area contributed by atoms with Gasteiger partial charge in [-0.15, -0.1) is 0 Å². The Labute approximate surface area is 260 Å². The molecule has 9 heteroatoms. The predicted octanol–water partition coefficient (Wildman–Crippen LogP) is 6.68. The second-order valence-electron chi connectivity index (χ2n) is 12.5. The van der Waals surface area contributed by atoms with Gasteiger partial charge in [0.2, 0.25) is 0 Å². The third-order valence-corrected chi connectivity index (χ3v) is 8.63. The van der Waals surface area contributed by atoms with Crippen LogP contribution in [-0.4, -0.2) is 72.8 Å². The van der Waals surface area contributed by atoms with Crippen molar-refractivity contribution in [3.05, 3.63) is 0 Å². The summed E-state index contributed by atoms with van der Waals surface area (Å²) >= 11 is 0. The zero-order chi connectivity index (χ0) is 31.5. The summed E-state index contributed by atoms with van der Waals surface area (Å²) in [6, 6.07) is 0.610. The van der Waals surface area contributed by atoms with Gasteiger partial charge in [-0.2, -0.15) is 0 Å². The molecule has 0 aromatic carbocycles. The first-order valence-electron chi connectivity index (χ1n) is 17.2. The number of carbonyl (C=O) groups excluding carboxylic acids is 4. The van der Waals surface area contributed by atoms with E-state index in [2.05, 4.69) is 4.90 Å². The van der Waals surface area contributed by atoms with Gasteiger partial charge in [-0.1, -0.05) is 59.3 Å². The van der Waals surface area contributed by atoms with Gasteiger partial charge in [0.15, 0.2) is 6.10 Å². The fraction of sp³-hybridized carbons (Fsp3) is 0.882. The molecule has 9 nitrogen and oxygen atoms in total. The average molecular weight is 610 g/mol. The summed E-state index contributed by atoms with van der Waals surface area (Å²) in [5, 5.41) is 0. The first-order valence-corrected chi connectivity index (χ1v) is 17.2. The summed E-state index contributed by atoms with van der Waals surface area (Å²) in [4.78, 5) is 52.5. The van der Waals surface area contributed by atoms with Gasteiger partial charge in [-0.3, -0.25) is 19.2 Å². The van der Waals surface area contributed by atoms with Crippen LogP contribution in [0.5, 0.6) is 0 Å². The van der Waals surface area contributed by atoms with E-state index in [4.69, 9.17) is 18.9 Å². The van der Waals surface area contributed by atoms with E-state index in [0.29, 0.717) is 38.1 Å². The fourth-order valence-corrected chi connectivity index (χ4v) is 6.36. The van der Waals surface area contributed by atoms with Gasteiger partial charge >= 0.3 is 23.9 Å². The molecule has 2 aliphatic rings. The minimum atomic E-state index is -1.00. The number of hydrogen-bond donors (Lipinski definition) is 0. The molecule has 248 valence electrons. The molecule has 0 spiro atoms. The van der Waals surface area contributed by atoms with Crippen LogP contribution in [0.1, 0.15) is 143 Å². The van der Waals surface area contributed by atoms with Crippen LogP contribution in [0.25, 0.3) is 0 Å². The molecular weight excluding hydrogens is 550 g/mol. The quantitative estimate of drug-likeness (QED) is 0.110. The lowest BCUT2D eigenvalue weighted by Crippen LogP contribution is -2.45. The lowest BCUT2D eigenvalue weighted by atomic mass is 9.82. The number of hydrogen-bond acceptors (Lipinski definition) is 9. The van der Waals surface area contributed by atoms with Gasteiger partial charge in [0, 0.05) is 38.1 Å². The molecule has 0 radical (unpaired) electrons. The van der Waals surface area contributed by atoms with E-state index in [0.717, 1.165) is 19.0 Å². The van der Waals surface area contributed by atoms with Crippen LogP contribution in [0.3, 0.4) is 0 Å². The molecule has 0 aromatic rings. The molecule has 4 atom stereocenters. The van der Waals surface area contributed by atoms with Crippen molar-refractivity contribution in [2.45, 2.75) is 168 Å². The van der Waals surface area contributed by atoms with Crippen LogP contribution in [0, 0.1) is 5.92 Å². The predicted molar refractivity (Wildman–Crippen MR) is 165 cm³/mol. The number of esters is 4. The minimum Gasteiger partial charge on any atom is -0.466 e. The molecule has 43 heavy (non-hydrogen) atoms. The number of likely N-dealkylation sites (tertiary alicyclic amines) is 1.